The fourth-order valence-corrected chi connectivity index (χ4v) is 0. The molecule has 4 nitrogen and oxygen atoms in total. The third kappa shape index (κ3) is 102. The van der Waals surface area contributed by atoms with Crippen LogP contribution < -0.4 is 23.0 Å². The zero-order valence-electron chi connectivity index (χ0n) is 3.16. The molecule has 0 aromatic rings. The van der Waals surface area contributed by atoms with Crippen molar-refractivity contribution in [2.75, 3.05) is 0 Å². The topological polar surface area (TPSA) is 80.6 Å². The molecular weight excluding hydrogens is 146 g/mol. The number of hydrogen-bond acceptors (Lipinski definition) is 2. The first kappa shape index (κ1) is 9.96. The molecular formula is H2AsLiO4. The standard InChI is InChI=1S/AsH3O4.Li/c2-1(3,4)5;/h(H3,2,3,4,5);/q;+1/p-1. The molecule has 0 spiro atoms. The minimum Gasteiger partial charge on any atom is 1.00 e. The first-order valence-electron chi connectivity index (χ1n) is 0.765. The molecule has 32 valence electrons. The Kier molecular flexibility index (Phi) is 4.85. The van der Waals surface area contributed by atoms with Crippen molar-refractivity contribution < 1.29 is 34.9 Å². The summed E-state index contributed by atoms with van der Waals surface area (Å²) < 4.78 is 31.9. The Morgan fingerprint density at radius 1 is 1.50 bits per heavy atom. The fourth-order valence-electron chi connectivity index (χ4n) is 0. The zero-order valence-corrected chi connectivity index (χ0v) is 5.03. The normalized spacial score (nSPS) is 9.83. The number of rotatable bonds is 0. The second-order valence-electron chi connectivity index (χ2n) is 0.491. The van der Waals surface area contributed by atoms with Crippen LogP contribution in [-0.4, -0.2) is 22.7 Å². The average Bonchev–Trinajstić information content (AvgIpc) is 0.722. The molecule has 0 unspecified atom stereocenters. The Hall–Kier alpha value is 0.836. The molecule has 0 radical (unpaired) electrons. The van der Waals surface area contributed by atoms with Gasteiger partial charge in [0.2, 0.25) is 0 Å². The molecule has 0 aromatic carbocycles. The van der Waals surface area contributed by atoms with Gasteiger partial charge >= 0.3 is 49.4 Å². The molecule has 0 saturated heterocycles. The van der Waals surface area contributed by atoms with E-state index in [0.29, 0.717) is 0 Å². The van der Waals surface area contributed by atoms with Gasteiger partial charge in [0.15, 0.2) is 0 Å². The molecule has 6 heteroatoms. The summed E-state index contributed by atoms with van der Waals surface area (Å²) in [5.41, 5.74) is 0. The molecule has 0 bridgehead atoms. The van der Waals surface area contributed by atoms with Gasteiger partial charge in [0.05, 0.1) is 0 Å². The SMILES string of the molecule is O=[As]([O-])(O)O.[Li+]. The van der Waals surface area contributed by atoms with Gasteiger partial charge in [-0.15, -0.1) is 0 Å². The van der Waals surface area contributed by atoms with E-state index >= 15 is 0 Å². The van der Waals surface area contributed by atoms with Crippen molar-refractivity contribution in [3.05, 3.63) is 0 Å². The fraction of sp³-hybridized carbons (Fsp3) is 0. The maximum absolute atomic E-state index is 8.83. The molecule has 0 rings (SSSR count). The summed E-state index contributed by atoms with van der Waals surface area (Å²) in [6.07, 6.45) is 0. The van der Waals surface area contributed by atoms with Crippen LogP contribution >= 0.6 is 0 Å². The van der Waals surface area contributed by atoms with E-state index in [2.05, 4.69) is 0 Å². The van der Waals surface area contributed by atoms with Gasteiger partial charge in [0, 0.05) is 0 Å². The van der Waals surface area contributed by atoms with Crippen molar-refractivity contribution in [1.82, 2.24) is 0 Å². The summed E-state index contributed by atoms with van der Waals surface area (Å²) in [5, 5.41) is 0. The van der Waals surface area contributed by atoms with E-state index < -0.39 is 14.5 Å². The maximum Gasteiger partial charge on any atom is 1.00 e. The Balaban J connectivity index is 0. The van der Waals surface area contributed by atoms with Crippen LogP contribution in [0.1, 0.15) is 0 Å². The van der Waals surface area contributed by atoms with E-state index in [4.69, 9.17) is 16.0 Å². The largest absolute Gasteiger partial charge is 1.00 e. The molecule has 0 fully saturated rings. The Labute approximate surface area is 49.7 Å². The molecule has 0 atom stereocenters. The summed E-state index contributed by atoms with van der Waals surface area (Å²) >= 11 is -5.38. The van der Waals surface area contributed by atoms with Gasteiger partial charge < -0.3 is 0 Å². The maximum atomic E-state index is 8.83. The van der Waals surface area contributed by atoms with Crippen molar-refractivity contribution in [2.45, 2.75) is 0 Å². The van der Waals surface area contributed by atoms with Crippen LogP contribution in [0.2, 0.25) is 0 Å². The molecule has 2 N–H and O–H groups in total. The van der Waals surface area contributed by atoms with Crippen LogP contribution in [0, 0.1) is 0 Å². The number of hydrogen-bond donors (Lipinski definition) is 2. The van der Waals surface area contributed by atoms with E-state index in [9.17, 15) is 0 Å². The van der Waals surface area contributed by atoms with E-state index in [1.54, 1.807) is 0 Å². The first-order chi connectivity index (χ1) is 2.00. The summed E-state index contributed by atoms with van der Waals surface area (Å²) in [6.45, 7) is 0. The van der Waals surface area contributed by atoms with E-state index in [1.165, 1.54) is 0 Å². The van der Waals surface area contributed by atoms with Crippen molar-refractivity contribution in [1.29, 1.82) is 0 Å². The quantitative estimate of drug-likeness (QED) is 0.335. The predicted molar refractivity (Wildman–Crippen MR) is 10.9 cm³/mol. The zero-order chi connectivity index (χ0) is 4.50. The van der Waals surface area contributed by atoms with Gasteiger partial charge in [-0.2, -0.15) is 0 Å². The minimum absolute atomic E-state index is 0. The Morgan fingerprint density at radius 2 is 1.50 bits per heavy atom. The van der Waals surface area contributed by atoms with Gasteiger partial charge in [0.1, 0.15) is 0 Å². The molecule has 0 aromatic heterocycles. The second-order valence-corrected chi connectivity index (χ2v) is 2.55. The molecule has 0 aliphatic rings. The first-order valence-corrected chi connectivity index (χ1v) is 3.98. The van der Waals surface area contributed by atoms with Gasteiger partial charge in [-0.1, -0.05) is 0 Å². The van der Waals surface area contributed by atoms with Crippen molar-refractivity contribution in [3.8, 4) is 0 Å². The predicted octanol–water partition coefficient (Wildman–Crippen LogP) is -5.80. The van der Waals surface area contributed by atoms with E-state index in [-0.39, 0.29) is 18.9 Å². The van der Waals surface area contributed by atoms with Crippen LogP contribution in [0.5, 0.6) is 0 Å². The van der Waals surface area contributed by atoms with Crippen LogP contribution in [-0.2, 0) is 3.74 Å². The van der Waals surface area contributed by atoms with Crippen molar-refractivity contribution in [3.63, 3.8) is 0 Å². The molecule has 0 aliphatic heterocycles. The Morgan fingerprint density at radius 3 is 1.50 bits per heavy atom. The van der Waals surface area contributed by atoms with Crippen LogP contribution in [0.4, 0.5) is 0 Å². The third-order valence-electron chi connectivity index (χ3n) is 0. The van der Waals surface area contributed by atoms with Gasteiger partial charge in [-0.25, -0.2) is 0 Å². The molecule has 0 amide bonds. The summed E-state index contributed by atoms with van der Waals surface area (Å²) in [6, 6.07) is 0. The van der Waals surface area contributed by atoms with Crippen LogP contribution in [0.3, 0.4) is 0 Å². The molecule has 0 aliphatic carbocycles. The van der Waals surface area contributed by atoms with Crippen molar-refractivity contribution in [2.24, 2.45) is 0 Å². The summed E-state index contributed by atoms with van der Waals surface area (Å²) in [7, 11) is 0. The third-order valence-corrected chi connectivity index (χ3v) is 0. The second kappa shape index (κ2) is 2.92. The van der Waals surface area contributed by atoms with Crippen molar-refractivity contribution >= 4 is 14.5 Å². The molecule has 6 heavy (non-hydrogen) atoms. The average molecular weight is 148 g/mol. The van der Waals surface area contributed by atoms with Crippen LogP contribution in [0.25, 0.3) is 0 Å². The minimum atomic E-state index is -5.38. The molecule has 0 saturated carbocycles. The molecule has 0 heterocycles. The monoisotopic (exact) mass is 148 g/mol. The summed E-state index contributed by atoms with van der Waals surface area (Å²) in [4.78, 5) is 0. The van der Waals surface area contributed by atoms with Gasteiger partial charge in [0.25, 0.3) is 0 Å². The van der Waals surface area contributed by atoms with E-state index in [0.717, 1.165) is 0 Å². The summed E-state index contributed by atoms with van der Waals surface area (Å²) in [5.74, 6) is 0. The van der Waals surface area contributed by atoms with E-state index in [1.807, 2.05) is 0 Å². The Bertz CT molecular complexity index is 53.7. The van der Waals surface area contributed by atoms with Gasteiger partial charge in [-0.05, 0) is 0 Å². The van der Waals surface area contributed by atoms with Crippen LogP contribution in [0.15, 0.2) is 0 Å². The van der Waals surface area contributed by atoms with Gasteiger partial charge in [-0.3, -0.25) is 0 Å². The smallest absolute Gasteiger partial charge is 1.00 e.